The molecule has 0 unspecified atom stereocenters. The summed E-state index contributed by atoms with van der Waals surface area (Å²) < 4.78 is 40.0. The van der Waals surface area contributed by atoms with Gasteiger partial charge in [-0.1, -0.05) is 0 Å². The molecule has 0 atom stereocenters. The number of hydrogen-bond donors (Lipinski definition) is 0. The van der Waals surface area contributed by atoms with E-state index >= 15 is 0 Å². The van der Waals surface area contributed by atoms with E-state index in [1.807, 2.05) is 0 Å². The Balaban J connectivity index is 3.46. The minimum absolute atomic E-state index is 0.144. The predicted octanol–water partition coefficient (Wildman–Crippen LogP) is -0.567. The van der Waals surface area contributed by atoms with Crippen LogP contribution in [0.5, 0.6) is 0 Å². The lowest BCUT2D eigenvalue weighted by Crippen LogP contribution is -2.11. The minimum atomic E-state index is -4.06. The summed E-state index contributed by atoms with van der Waals surface area (Å²) in [6.45, 7) is -0.418. The molecule has 0 radical (unpaired) electrons. The highest BCUT2D eigenvalue weighted by Gasteiger charge is 2.08. The monoisotopic (exact) mass is 186 g/mol. The van der Waals surface area contributed by atoms with E-state index in [0.29, 0.717) is 0 Å². The Morgan fingerprint density at radius 1 is 1.36 bits per heavy atom. The van der Waals surface area contributed by atoms with Gasteiger partial charge in [0.25, 0.3) is 16.6 Å². The molecule has 0 aliphatic rings. The van der Waals surface area contributed by atoms with Gasteiger partial charge >= 0.3 is 0 Å². The molecule has 0 rings (SSSR count). The van der Waals surface area contributed by atoms with E-state index in [-0.39, 0.29) is 19.7 Å². The number of alkyl halides is 1. The molecule has 0 aliphatic carbocycles. The summed E-state index contributed by atoms with van der Waals surface area (Å²) in [6, 6.07) is -1.58. The largest absolute Gasteiger partial charge is 0.465 e. The van der Waals surface area contributed by atoms with Crippen molar-refractivity contribution in [2.24, 2.45) is 0 Å². The van der Waals surface area contributed by atoms with Gasteiger partial charge in [0, 0.05) is 0 Å². The highest BCUT2D eigenvalue weighted by atomic mass is 32.2. The normalized spacial score (nSPS) is 11.0. The van der Waals surface area contributed by atoms with Crippen LogP contribution in [0.3, 0.4) is 0 Å². The summed E-state index contributed by atoms with van der Waals surface area (Å²) in [5, 5.41) is 0. The van der Waals surface area contributed by atoms with E-state index in [0.717, 1.165) is 0 Å². The van der Waals surface area contributed by atoms with Crippen LogP contribution in [0.15, 0.2) is 0 Å². The van der Waals surface area contributed by atoms with Crippen LogP contribution in [-0.4, -0.2) is 34.1 Å². The smallest absolute Gasteiger partial charge is 0.297 e. The molecular formula is C4H7FO5S. The molecule has 11 heavy (non-hydrogen) atoms. The molecule has 0 fully saturated rings. The lowest BCUT2D eigenvalue weighted by molar-refractivity contribution is -0.129. The fourth-order valence-corrected chi connectivity index (χ4v) is 0.674. The van der Waals surface area contributed by atoms with Gasteiger partial charge in [-0.15, -0.1) is 0 Å². The topological polar surface area (TPSA) is 69.7 Å². The van der Waals surface area contributed by atoms with Crippen LogP contribution in [0, 0.1) is 0 Å². The van der Waals surface area contributed by atoms with Crippen molar-refractivity contribution in [2.45, 2.75) is 0 Å². The van der Waals surface area contributed by atoms with Gasteiger partial charge < -0.3 is 4.74 Å². The van der Waals surface area contributed by atoms with Gasteiger partial charge in [0.2, 0.25) is 6.01 Å². The lowest BCUT2D eigenvalue weighted by Gasteiger charge is -1.99. The molecule has 0 aromatic rings. The molecule has 0 saturated carbocycles. The van der Waals surface area contributed by atoms with Crippen LogP contribution in [0.1, 0.15) is 0 Å². The van der Waals surface area contributed by atoms with Crippen molar-refractivity contribution < 1.29 is 26.5 Å². The van der Waals surface area contributed by atoms with Crippen LogP contribution >= 0.6 is 0 Å². The van der Waals surface area contributed by atoms with Crippen molar-refractivity contribution in [1.29, 1.82) is 0 Å². The molecule has 0 spiro atoms. The molecule has 0 N–H and O–H groups in total. The van der Waals surface area contributed by atoms with Crippen molar-refractivity contribution >= 4 is 16.6 Å². The maximum Gasteiger partial charge on any atom is 0.297 e. The molecule has 0 bridgehead atoms. The Morgan fingerprint density at radius 3 is 2.45 bits per heavy atom. The van der Waals surface area contributed by atoms with Gasteiger partial charge in [-0.25, -0.2) is 4.39 Å². The van der Waals surface area contributed by atoms with Crippen LogP contribution in [0.2, 0.25) is 0 Å². The number of ether oxygens (including phenoxy) is 1. The van der Waals surface area contributed by atoms with Crippen LogP contribution in [0.25, 0.3) is 0 Å². The number of rotatable bonds is 6. The second kappa shape index (κ2) is 5.03. The number of hydrogen-bond acceptors (Lipinski definition) is 5. The van der Waals surface area contributed by atoms with Gasteiger partial charge in [-0.2, -0.15) is 8.42 Å². The first kappa shape index (κ1) is 10.3. The first-order chi connectivity index (χ1) is 5.12. The van der Waals surface area contributed by atoms with Crippen LogP contribution in [-0.2, 0) is 23.8 Å². The molecule has 5 nitrogen and oxygen atoms in total. The number of halogens is 1. The average Bonchev–Trinajstić information content (AvgIpc) is 1.99. The van der Waals surface area contributed by atoms with Gasteiger partial charge in [-0.05, 0) is 0 Å². The SMILES string of the molecule is O=COCCOS(=O)(=O)CF. The minimum Gasteiger partial charge on any atom is -0.465 e. The summed E-state index contributed by atoms with van der Waals surface area (Å²) in [6.07, 6.45) is 0. The molecule has 0 heterocycles. The van der Waals surface area contributed by atoms with Crippen molar-refractivity contribution in [3.05, 3.63) is 0 Å². The number of carbonyl (C=O) groups is 1. The predicted molar refractivity (Wildman–Crippen MR) is 32.9 cm³/mol. The zero-order chi connectivity index (χ0) is 8.74. The molecule has 7 heteroatoms. The second-order valence-electron chi connectivity index (χ2n) is 1.46. The van der Waals surface area contributed by atoms with Gasteiger partial charge in [0.15, 0.2) is 0 Å². The Bertz CT molecular complexity index is 199. The zero-order valence-corrected chi connectivity index (χ0v) is 6.34. The van der Waals surface area contributed by atoms with Gasteiger partial charge in [0.05, 0.1) is 0 Å². The van der Waals surface area contributed by atoms with E-state index in [9.17, 15) is 17.6 Å². The van der Waals surface area contributed by atoms with E-state index in [4.69, 9.17) is 0 Å². The number of carbonyl (C=O) groups excluding carboxylic acids is 1. The Hall–Kier alpha value is -0.690. The molecule has 66 valence electrons. The summed E-state index contributed by atoms with van der Waals surface area (Å²) in [7, 11) is -4.06. The Kier molecular flexibility index (Phi) is 4.71. The first-order valence-electron chi connectivity index (χ1n) is 2.60. The van der Waals surface area contributed by atoms with Gasteiger partial charge in [-0.3, -0.25) is 8.98 Å². The summed E-state index contributed by atoms with van der Waals surface area (Å²) in [5.41, 5.74) is 0. The third kappa shape index (κ3) is 5.74. The van der Waals surface area contributed by atoms with Crippen molar-refractivity contribution in [2.75, 3.05) is 19.2 Å². The highest BCUT2D eigenvalue weighted by molar-refractivity contribution is 7.86. The van der Waals surface area contributed by atoms with E-state index < -0.39 is 16.1 Å². The fourth-order valence-electron chi connectivity index (χ4n) is 0.289. The van der Waals surface area contributed by atoms with E-state index in [1.165, 1.54) is 0 Å². The van der Waals surface area contributed by atoms with Crippen LogP contribution in [0.4, 0.5) is 4.39 Å². The molecule has 0 aromatic heterocycles. The maximum atomic E-state index is 11.5. The average molecular weight is 186 g/mol. The Labute approximate surface area is 63.2 Å². The lowest BCUT2D eigenvalue weighted by atomic mass is 10.8. The third-order valence-corrected chi connectivity index (χ3v) is 1.46. The summed E-state index contributed by atoms with van der Waals surface area (Å²) in [5.74, 6) is 0. The molecule has 0 aromatic carbocycles. The quantitative estimate of drug-likeness (QED) is 0.315. The zero-order valence-electron chi connectivity index (χ0n) is 5.53. The van der Waals surface area contributed by atoms with Crippen LogP contribution < -0.4 is 0 Å². The Morgan fingerprint density at radius 2 is 2.00 bits per heavy atom. The van der Waals surface area contributed by atoms with Crippen molar-refractivity contribution in [3.63, 3.8) is 0 Å². The third-order valence-electron chi connectivity index (χ3n) is 0.666. The highest BCUT2D eigenvalue weighted by Crippen LogP contribution is 1.92. The van der Waals surface area contributed by atoms with E-state index in [1.54, 1.807) is 0 Å². The molecular weight excluding hydrogens is 179 g/mol. The van der Waals surface area contributed by atoms with Crippen molar-refractivity contribution in [1.82, 2.24) is 0 Å². The molecule has 0 amide bonds. The first-order valence-corrected chi connectivity index (χ1v) is 4.18. The second-order valence-corrected chi connectivity index (χ2v) is 3.03. The summed E-state index contributed by atoms with van der Waals surface area (Å²) in [4.78, 5) is 9.50. The van der Waals surface area contributed by atoms with Gasteiger partial charge in [0.1, 0.15) is 13.2 Å². The van der Waals surface area contributed by atoms with Crippen molar-refractivity contribution in [3.8, 4) is 0 Å². The molecule has 0 saturated heterocycles. The summed E-state index contributed by atoms with van der Waals surface area (Å²) >= 11 is 0. The van der Waals surface area contributed by atoms with E-state index in [2.05, 4.69) is 8.92 Å². The standard InChI is InChI=1S/C4H7FO5S/c5-3-11(7,8)10-2-1-9-4-6/h4H,1-3H2. The fraction of sp³-hybridized carbons (Fsp3) is 0.750. The maximum absolute atomic E-state index is 11.5. The molecule has 0 aliphatic heterocycles.